The topological polar surface area (TPSA) is 71.9 Å². The van der Waals surface area contributed by atoms with Crippen molar-refractivity contribution < 1.29 is 4.74 Å². The molecule has 2 N–H and O–H groups in total. The Bertz CT molecular complexity index is 420. The molecule has 1 aromatic rings. The Balaban J connectivity index is 0.000000956. The second-order valence-electron chi connectivity index (χ2n) is 4.76. The van der Waals surface area contributed by atoms with Gasteiger partial charge in [-0.1, -0.05) is 13.8 Å². The van der Waals surface area contributed by atoms with Crippen molar-refractivity contribution in [3.63, 3.8) is 0 Å². The van der Waals surface area contributed by atoms with Crippen LogP contribution in [0, 0.1) is 11.3 Å². The molecule has 0 atom stereocenters. The summed E-state index contributed by atoms with van der Waals surface area (Å²) in [6.07, 6.45) is 8.65. The van der Waals surface area contributed by atoms with E-state index in [4.69, 9.17) is 15.7 Å². The number of hydrogen-bond acceptors (Lipinski definition) is 4. The average Bonchev–Trinajstić information content (AvgIpc) is 2.51. The summed E-state index contributed by atoms with van der Waals surface area (Å²) in [4.78, 5) is 4.02. The number of nitrogen functional groups attached to an aromatic ring is 1. The van der Waals surface area contributed by atoms with Gasteiger partial charge in [0.15, 0.2) is 0 Å². The first-order valence-electron chi connectivity index (χ1n) is 7.49. The summed E-state index contributed by atoms with van der Waals surface area (Å²) in [5.74, 6) is 0.531. The SMILES string of the molecule is CC.N#CCCOC1CCC(c2ccncc2N)CC1. The number of anilines is 1. The van der Waals surface area contributed by atoms with Crippen LogP contribution < -0.4 is 5.73 Å². The maximum absolute atomic E-state index is 8.47. The number of nitrogens with two attached hydrogens (primary N) is 1. The molecular weight excluding hydrogens is 250 g/mol. The van der Waals surface area contributed by atoms with Crippen molar-refractivity contribution >= 4 is 5.69 Å². The van der Waals surface area contributed by atoms with Gasteiger partial charge >= 0.3 is 0 Å². The Kier molecular flexibility index (Phi) is 7.67. The lowest BCUT2D eigenvalue weighted by Gasteiger charge is -2.29. The van der Waals surface area contributed by atoms with Crippen LogP contribution in [0.3, 0.4) is 0 Å². The van der Waals surface area contributed by atoms with Crippen LogP contribution in [0.2, 0.25) is 0 Å². The molecule has 4 heteroatoms. The van der Waals surface area contributed by atoms with Gasteiger partial charge in [-0.2, -0.15) is 5.26 Å². The molecule has 4 nitrogen and oxygen atoms in total. The van der Waals surface area contributed by atoms with Gasteiger partial charge in [0.1, 0.15) is 0 Å². The number of aromatic nitrogens is 1. The lowest BCUT2D eigenvalue weighted by molar-refractivity contribution is 0.0280. The predicted octanol–water partition coefficient (Wildman–Crippen LogP) is 3.65. The van der Waals surface area contributed by atoms with Crippen LogP contribution in [0.1, 0.15) is 57.4 Å². The first kappa shape index (κ1) is 16.5. The second kappa shape index (κ2) is 9.33. The van der Waals surface area contributed by atoms with Gasteiger partial charge in [-0.05, 0) is 43.2 Å². The Morgan fingerprint density at radius 1 is 1.35 bits per heavy atom. The summed E-state index contributed by atoms with van der Waals surface area (Å²) in [5, 5.41) is 8.47. The Hall–Kier alpha value is -1.60. The normalized spacial score (nSPS) is 21.4. The van der Waals surface area contributed by atoms with E-state index in [1.807, 2.05) is 19.9 Å². The smallest absolute Gasteiger partial charge is 0.0645 e. The van der Waals surface area contributed by atoms with Crippen molar-refractivity contribution in [3.05, 3.63) is 24.0 Å². The zero-order valence-corrected chi connectivity index (χ0v) is 12.5. The molecule has 0 amide bonds. The van der Waals surface area contributed by atoms with Crippen LogP contribution in [0.15, 0.2) is 18.5 Å². The van der Waals surface area contributed by atoms with Crippen LogP contribution in [0.5, 0.6) is 0 Å². The molecule has 0 aromatic carbocycles. The van der Waals surface area contributed by atoms with Crippen molar-refractivity contribution in [1.29, 1.82) is 5.26 Å². The van der Waals surface area contributed by atoms with Crippen LogP contribution in [0.25, 0.3) is 0 Å². The molecule has 0 radical (unpaired) electrons. The van der Waals surface area contributed by atoms with E-state index < -0.39 is 0 Å². The summed E-state index contributed by atoms with van der Waals surface area (Å²) in [5.41, 5.74) is 7.97. The third-order valence-electron chi connectivity index (χ3n) is 3.57. The molecule has 1 aromatic heterocycles. The highest BCUT2D eigenvalue weighted by atomic mass is 16.5. The zero-order chi connectivity index (χ0) is 14.8. The standard InChI is InChI=1S/C14H19N3O.C2H6/c15-7-1-9-18-12-4-2-11(3-5-12)13-6-8-17-10-14(13)16;1-2/h6,8,10-12H,1-5,9,16H2;1-2H3. The summed E-state index contributed by atoms with van der Waals surface area (Å²) >= 11 is 0. The molecular formula is C16H25N3O. The molecule has 1 heterocycles. The predicted molar refractivity (Wildman–Crippen MR) is 81.2 cm³/mol. The van der Waals surface area contributed by atoms with Crippen LogP contribution in [0.4, 0.5) is 5.69 Å². The van der Waals surface area contributed by atoms with E-state index in [-0.39, 0.29) is 0 Å². The lowest BCUT2D eigenvalue weighted by Crippen LogP contribution is -2.21. The summed E-state index contributed by atoms with van der Waals surface area (Å²) < 4.78 is 5.67. The van der Waals surface area contributed by atoms with E-state index >= 15 is 0 Å². The number of hydrogen-bond donors (Lipinski definition) is 1. The van der Waals surface area contributed by atoms with Crippen LogP contribution >= 0.6 is 0 Å². The Morgan fingerprint density at radius 3 is 2.65 bits per heavy atom. The van der Waals surface area contributed by atoms with Gasteiger partial charge in [0.2, 0.25) is 0 Å². The fourth-order valence-electron chi connectivity index (χ4n) is 2.60. The van der Waals surface area contributed by atoms with Crippen molar-refractivity contribution in [2.45, 2.75) is 58.0 Å². The van der Waals surface area contributed by atoms with Gasteiger partial charge in [-0.25, -0.2) is 0 Å². The van der Waals surface area contributed by atoms with Crippen LogP contribution in [-0.4, -0.2) is 17.7 Å². The molecule has 0 aliphatic heterocycles. The molecule has 1 fully saturated rings. The number of nitrogens with zero attached hydrogens (tertiary/aromatic N) is 2. The summed E-state index contributed by atoms with van der Waals surface area (Å²) in [6, 6.07) is 4.13. The molecule has 0 spiro atoms. The minimum atomic E-state index is 0.317. The maximum atomic E-state index is 8.47. The molecule has 1 saturated carbocycles. The quantitative estimate of drug-likeness (QED) is 0.851. The number of ether oxygens (including phenoxy) is 1. The highest BCUT2D eigenvalue weighted by Crippen LogP contribution is 2.36. The fourth-order valence-corrected chi connectivity index (χ4v) is 2.60. The first-order valence-corrected chi connectivity index (χ1v) is 7.49. The monoisotopic (exact) mass is 275 g/mol. The number of rotatable bonds is 4. The van der Waals surface area contributed by atoms with E-state index in [1.54, 1.807) is 12.4 Å². The fraction of sp³-hybridized carbons (Fsp3) is 0.625. The molecule has 0 bridgehead atoms. The molecule has 0 saturated heterocycles. The lowest BCUT2D eigenvalue weighted by atomic mass is 9.82. The van der Waals surface area contributed by atoms with Gasteiger partial charge in [-0.15, -0.1) is 0 Å². The molecule has 1 aliphatic carbocycles. The van der Waals surface area contributed by atoms with Crippen molar-refractivity contribution in [2.24, 2.45) is 0 Å². The Morgan fingerprint density at radius 2 is 2.05 bits per heavy atom. The second-order valence-corrected chi connectivity index (χ2v) is 4.76. The van der Waals surface area contributed by atoms with E-state index in [0.29, 0.717) is 25.0 Å². The van der Waals surface area contributed by atoms with Gasteiger partial charge in [-0.3, -0.25) is 4.98 Å². The largest absolute Gasteiger partial charge is 0.397 e. The average molecular weight is 275 g/mol. The molecule has 20 heavy (non-hydrogen) atoms. The van der Waals surface area contributed by atoms with E-state index in [0.717, 1.165) is 31.4 Å². The summed E-state index contributed by atoms with van der Waals surface area (Å²) in [6.45, 7) is 4.56. The van der Waals surface area contributed by atoms with E-state index in [2.05, 4.69) is 11.1 Å². The molecule has 1 aliphatic rings. The van der Waals surface area contributed by atoms with Crippen molar-refractivity contribution in [2.75, 3.05) is 12.3 Å². The molecule has 110 valence electrons. The van der Waals surface area contributed by atoms with Crippen molar-refractivity contribution in [3.8, 4) is 6.07 Å². The molecule has 2 rings (SSSR count). The number of pyridine rings is 1. The highest BCUT2D eigenvalue weighted by molar-refractivity contribution is 5.46. The number of nitriles is 1. The minimum Gasteiger partial charge on any atom is -0.397 e. The molecule has 0 unspecified atom stereocenters. The highest BCUT2D eigenvalue weighted by Gasteiger charge is 2.23. The van der Waals surface area contributed by atoms with E-state index in [1.165, 1.54) is 5.56 Å². The van der Waals surface area contributed by atoms with Crippen molar-refractivity contribution in [1.82, 2.24) is 4.98 Å². The third kappa shape index (κ3) is 4.82. The van der Waals surface area contributed by atoms with Gasteiger partial charge < -0.3 is 10.5 Å². The minimum absolute atomic E-state index is 0.317. The van der Waals surface area contributed by atoms with Gasteiger partial charge in [0.25, 0.3) is 0 Å². The first-order chi connectivity index (χ1) is 9.81. The van der Waals surface area contributed by atoms with Gasteiger partial charge in [0.05, 0.1) is 37.1 Å². The maximum Gasteiger partial charge on any atom is 0.0645 e. The Labute approximate surface area is 122 Å². The third-order valence-corrected chi connectivity index (χ3v) is 3.57. The van der Waals surface area contributed by atoms with E-state index in [9.17, 15) is 0 Å². The van der Waals surface area contributed by atoms with Gasteiger partial charge in [0, 0.05) is 6.20 Å². The summed E-state index contributed by atoms with van der Waals surface area (Å²) in [7, 11) is 0. The zero-order valence-electron chi connectivity index (χ0n) is 12.5. The van der Waals surface area contributed by atoms with Crippen LogP contribution in [-0.2, 0) is 4.74 Å².